The normalized spacial score (nSPS) is 11.1. The molecule has 174 valence electrons. The topological polar surface area (TPSA) is 91.8 Å². The number of aromatic carboxylic acids is 1. The van der Waals surface area contributed by atoms with Crippen molar-refractivity contribution in [1.82, 2.24) is 19.9 Å². The van der Waals surface area contributed by atoms with Crippen molar-refractivity contribution >= 4 is 28.2 Å². The molecular weight excluding hydrogens is 468 g/mol. The number of H-pyrrole nitrogens is 1. The number of imidazole rings is 1. The van der Waals surface area contributed by atoms with Gasteiger partial charge in [-0.1, -0.05) is 36.4 Å². The van der Waals surface area contributed by atoms with Crippen LogP contribution in [0, 0.1) is 6.92 Å². The quantitative estimate of drug-likeness (QED) is 0.270. The number of aromatic nitrogens is 4. The first-order valence-corrected chi connectivity index (χ1v) is 12.2. The molecule has 7 heteroatoms. The van der Waals surface area contributed by atoms with Gasteiger partial charge in [-0.25, -0.2) is 9.78 Å². The van der Waals surface area contributed by atoms with Crippen LogP contribution in [0.5, 0.6) is 0 Å². The molecule has 6 rings (SSSR count). The number of fused-ring (bicyclic) bond motifs is 1. The average Bonchev–Trinajstić information content (AvgIpc) is 3.59. The van der Waals surface area contributed by atoms with Gasteiger partial charge in [-0.15, -0.1) is 11.3 Å². The summed E-state index contributed by atoms with van der Waals surface area (Å²) in [6.07, 6.45) is 3.57. The van der Waals surface area contributed by atoms with Crippen molar-refractivity contribution < 1.29 is 9.90 Å². The van der Waals surface area contributed by atoms with E-state index in [-0.39, 0.29) is 0 Å². The minimum atomic E-state index is -0.901. The zero-order valence-electron chi connectivity index (χ0n) is 19.3. The fourth-order valence-electron chi connectivity index (χ4n) is 4.26. The number of nitrogens with one attached hydrogen (secondary N) is 1. The zero-order chi connectivity index (χ0) is 24.6. The van der Waals surface area contributed by atoms with Crippen LogP contribution < -0.4 is 0 Å². The number of nitrogens with zero attached hydrogens (tertiary/aromatic N) is 3. The Morgan fingerprint density at radius 2 is 1.64 bits per heavy atom. The van der Waals surface area contributed by atoms with Crippen molar-refractivity contribution in [3.8, 4) is 44.2 Å². The summed E-state index contributed by atoms with van der Waals surface area (Å²) < 4.78 is 0. The molecule has 0 radical (unpaired) electrons. The Kier molecular flexibility index (Phi) is 5.39. The molecule has 0 aliphatic carbocycles. The fraction of sp³-hybridized carbons (Fsp3) is 0.0345. The average molecular weight is 489 g/mol. The number of carbonyl (C=O) groups is 1. The van der Waals surface area contributed by atoms with E-state index >= 15 is 0 Å². The Hall–Kier alpha value is -4.62. The van der Waals surface area contributed by atoms with Gasteiger partial charge >= 0.3 is 5.97 Å². The Morgan fingerprint density at radius 3 is 2.42 bits per heavy atom. The lowest BCUT2D eigenvalue weighted by atomic mass is 10.0. The molecule has 0 aliphatic rings. The van der Waals surface area contributed by atoms with Gasteiger partial charge in [0.2, 0.25) is 0 Å². The van der Waals surface area contributed by atoms with Crippen molar-refractivity contribution in [1.29, 1.82) is 0 Å². The van der Waals surface area contributed by atoms with Gasteiger partial charge in [-0.3, -0.25) is 9.97 Å². The first-order chi connectivity index (χ1) is 17.5. The Balaban J connectivity index is 1.34. The number of hydrogen-bond donors (Lipinski definition) is 2. The van der Waals surface area contributed by atoms with Crippen LogP contribution in [0.1, 0.15) is 15.4 Å². The van der Waals surface area contributed by atoms with Crippen LogP contribution in [0.25, 0.3) is 55.1 Å². The maximum absolute atomic E-state index is 11.2. The van der Waals surface area contributed by atoms with Crippen LogP contribution in [-0.4, -0.2) is 31.0 Å². The van der Waals surface area contributed by atoms with Crippen LogP contribution in [0.15, 0.2) is 91.4 Å². The van der Waals surface area contributed by atoms with Gasteiger partial charge in [0.1, 0.15) is 4.88 Å². The fourth-order valence-corrected chi connectivity index (χ4v) is 5.11. The number of pyridine rings is 2. The lowest BCUT2D eigenvalue weighted by molar-refractivity contribution is 0.0702. The minimum absolute atomic E-state index is 0.335. The second-order valence-electron chi connectivity index (χ2n) is 8.47. The third kappa shape index (κ3) is 4.06. The highest BCUT2D eigenvalue weighted by Crippen LogP contribution is 2.33. The highest BCUT2D eigenvalue weighted by molar-refractivity contribution is 7.17. The summed E-state index contributed by atoms with van der Waals surface area (Å²) in [5, 5.41) is 10.2. The summed E-state index contributed by atoms with van der Waals surface area (Å²) in [5.74, 6) is -0.901. The molecule has 0 aliphatic heterocycles. The number of rotatable bonds is 5. The predicted molar refractivity (Wildman–Crippen MR) is 143 cm³/mol. The predicted octanol–water partition coefficient (Wildman–Crippen LogP) is 7.09. The molecule has 2 N–H and O–H groups in total. The van der Waals surface area contributed by atoms with Crippen LogP contribution in [0.4, 0.5) is 0 Å². The lowest BCUT2D eigenvalue weighted by Crippen LogP contribution is -1.90. The molecule has 2 aromatic carbocycles. The van der Waals surface area contributed by atoms with Gasteiger partial charge in [0.15, 0.2) is 0 Å². The number of aromatic amines is 1. The summed E-state index contributed by atoms with van der Waals surface area (Å²) in [7, 11) is 0. The highest BCUT2D eigenvalue weighted by Gasteiger charge is 2.13. The van der Waals surface area contributed by atoms with E-state index in [2.05, 4.69) is 32.1 Å². The van der Waals surface area contributed by atoms with Gasteiger partial charge < -0.3 is 10.1 Å². The Bertz CT molecular complexity index is 1730. The highest BCUT2D eigenvalue weighted by atomic mass is 32.1. The van der Waals surface area contributed by atoms with Crippen molar-refractivity contribution in [3.05, 3.63) is 102 Å². The van der Waals surface area contributed by atoms with Gasteiger partial charge in [-0.05, 0) is 60.5 Å². The molecule has 6 aromatic rings. The molecule has 0 saturated heterocycles. The molecule has 36 heavy (non-hydrogen) atoms. The first-order valence-electron chi connectivity index (χ1n) is 11.4. The smallest absolute Gasteiger partial charge is 0.345 e. The van der Waals surface area contributed by atoms with Crippen molar-refractivity contribution in [2.45, 2.75) is 6.92 Å². The second-order valence-corrected chi connectivity index (χ2v) is 9.55. The Labute approximate surface area is 211 Å². The van der Waals surface area contributed by atoms with Crippen molar-refractivity contribution in [2.75, 3.05) is 0 Å². The van der Waals surface area contributed by atoms with E-state index in [0.29, 0.717) is 4.88 Å². The van der Waals surface area contributed by atoms with Crippen LogP contribution in [-0.2, 0) is 0 Å². The molecule has 0 fully saturated rings. The molecule has 0 amide bonds. The van der Waals surface area contributed by atoms with E-state index < -0.39 is 5.97 Å². The molecule has 0 bridgehead atoms. The molecule has 0 saturated carbocycles. The lowest BCUT2D eigenvalue weighted by Gasteiger charge is -2.08. The van der Waals surface area contributed by atoms with Crippen molar-refractivity contribution in [2.24, 2.45) is 0 Å². The zero-order valence-corrected chi connectivity index (χ0v) is 20.1. The molecule has 4 aromatic heterocycles. The molecular formula is C29H20N4O2S. The third-order valence-corrected chi connectivity index (χ3v) is 7.18. The number of hydrogen-bond acceptors (Lipinski definition) is 5. The van der Waals surface area contributed by atoms with E-state index in [4.69, 9.17) is 0 Å². The number of aryl methyl sites for hydroxylation is 1. The summed E-state index contributed by atoms with van der Waals surface area (Å²) in [5.41, 5.74) is 8.47. The molecule has 0 spiro atoms. The van der Waals surface area contributed by atoms with Crippen LogP contribution in [0.2, 0.25) is 0 Å². The van der Waals surface area contributed by atoms with E-state index in [1.165, 1.54) is 11.3 Å². The van der Waals surface area contributed by atoms with E-state index in [1.807, 2.05) is 73.8 Å². The number of benzene rings is 2. The van der Waals surface area contributed by atoms with E-state index in [9.17, 15) is 9.90 Å². The Morgan fingerprint density at radius 1 is 0.861 bits per heavy atom. The first kappa shape index (κ1) is 21.9. The minimum Gasteiger partial charge on any atom is -0.477 e. The van der Waals surface area contributed by atoms with Gasteiger partial charge in [0.05, 0.1) is 28.9 Å². The molecule has 4 heterocycles. The number of carboxylic acid groups (broad SMARTS) is 1. The maximum Gasteiger partial charge on any atom is 0.345 e. The standard InChI is InChI=1S/C29H20N4O2S/c1-17-3-2-4-24(33-17)28-27(31-16-32-28)20-9-10-23-21(13-20)14-22(15-30-23)18-5-7-19(8-6-18)25-11-12-26(36-25)29(34)35/h2-16H,1H3,(H,31,32)(H,34,35). The van der Waals surface area contributed by atoms with Crippen LogP contribution >= 0.6 is 11.3 Å². The summed E-state index contributed by atoms with van der Waals surface area (Å²) in [6, 6.07) is 25.8. The van der Waals surface area contributed by atoms with E-state index in [1.54, 1.807) is 12.4 Å². The van der Waals surface area contributed by atoms with Gasteiger partial charge in [-0.2, -0.15) is 0 Å². The maximum atomic E-state index is 11.2. The number of carboxylic acids is 1. The van der Waals surface area contributed by atoms with Gasteiger partial charge in [0, 0.05) is 33.3 Å². The molecule has 0 atom stereocenters. The summed E-state index contributed by atoms with van der Waals surface area (Å²) in [4.78, 5) is 29.6. The monoisotopic (exact) mass is 488 g/mol. The molecule has 6 nitrogen and oxygen atoms in total. The molecule has 0 unspecified atom stereocenters. The van der Waals surface area contributed by atoms with E-state index in [0.717, 1.165) is 60.8 Å². The summed E-state index contributed by atoms with van der Waals surface area (Å²) >= 11 is 1.27. The second kappa shape index (κ2) is 8.87. The van der Waals surface area contributed by atoms with Gasteiger partial charge in [0.25, 0.3) is 0 Å². The largest absolute Gasteiger partial charge is 0.477 e. The van der Waals surface area contributed by atoms with Crippen LogP contribution in [0.3, 0.4) is 0 Å². The number of thiophene rings is 1. The SMILES string of the molecule is Cc1cccc(-c2[nH]cnc2-c2ccc3ncc(-c4ccc(-c5ccc(C(=O)O)s5)cc4)cc3c2)n1. The van der Waals surface area contributed by atoms with Crippen molar-refractivity contribution in [3.63, 3.8) is 0 Å². The summed E-state index contributed by atoms with van der Waals surface area (Å²) in [6.45, 7) is 1.98. The third-order valence-electron chi connectivity index (χ3n) is 6.06.